The van der Waals surface area contributed by atoms with E-state index in [0.717, 1.165) is 37.6 Å². The van der Waals surface area contributed by atoms with Gasteiger partial charge < -0.3 is 24.6 Å². The number of nitrogens with one attached hydrogen (secondary N) is 2. The Morgan fingerprint density at radius 2 is 1.74 bits per heavy atom. The highest BCUT2D eigenvalue weighted by Crippen LogP contribution is 2.32. The van der Waals surface area contributed by atoms with Gasteiger partial charge in [0.05, 0.1) is 26.2 Å². The van der Waals surface area contributed by atoms with Crippen LogP contribution in [0.4, 0.5) is 11.4 Å². The molecule has 2 heterocycles. The summed E-state index contributed by atoms with van der Waals surface area (Å²) >= 11 is 0. The molecular weight excluding hydrogens is 342 g/mol. The van der Waals surface area contributed by atoms with Crippen molar-refractivity contribution in [3.63, 3.8) is 0 Å². The molecule has 2 aliphatic rings. The fraction of sp³-hybridized carbons (Fsp3) is 0.381. The Labute approximate surface area is 159 Å². The van der Waals surface area contributed by atoms with E-state index in [1.54, 1.807) is 0 Å². The van der Waals surface area contributed by atoms with E-state index in [4.69, 9.17) is 9.47 Å². The van der Waals surface area contributed by atoms with Gasteiger partial charge in [-0.15, -0.1) is 0 Å². The van der Waals surface area contributed by atoms with E-state index in [0.29, 0.717) is 19.0 Å². The minimum Gasteiger partial charge on any atom is -0.486 e. The number of hydrogen-bond acceptors (Lipinski definition) is 4. The molecule has 2 aromatic rings. The molecule has 0 aliphatic carbocycles. The third-order valence-corrected chi connectivity index (χ3v) is 5.34. The Hall–Kier alpha value is -2.73. The lowest BCUT2D eigenvalue weighted by molar-refractivity contribution is -0.914. The first-order chi connectivity index (χ1) is 13.2. The van der Waals surface area contributed by atoms with Crippen molar-refractivity contribution in [2.45, 2.75) is 13.0 Å². The van der Waals surface area contributed by atoms with Crippen molar-refractivity contribution in [1.29, 1.82) is 0 Å². The van der Waals surface area contributed by atoms with E-state index in [9.17, 15) is 4.79 Å². The Balaban J connectivity index is 1.33. The van der Waals surface area contributed by atoms with Gasteiger partial charge in [-0.05, 0) is 31.2 Å². The molecular formula is C21H26N3O3+. The molecule has 0 radical (unpaired) electrons. The summed E-state index contributed by atoms with van der Waals surface area (Å²) in [5.41, 5.74) is 2.00. The minimum absolute atomic E-state index is 0.0369. The number of nitrogens with zero attached hydrogens (tertiary/aromatic N) is 1. The molecule has 4 rings (SSSR count). The summed E-state index contributed by atoms with van der Waals surface area (Å²) in [6.07, 6.45) is 0. The fourth-order valence-corrected chi connectivity index (χ4v) is 3.68. The molecule has 2 aromatic carbocycles. The zero-order valence-corrected chi connectivity index (χ0v) is 15.6. The number of amides is 1. The number of piperazine rings is 1. The number of benzene rings is 2. The number of carbonyl (C=O) groups is 1. The van der Waals surface area contributed by atoms with Gasteiger partial charge in [0.2, 0.25) is 0 Å². The number of para-hydroxylation sites is 1. The average Bonchev–Trinajstić information content (AvgIpc) is 2.74. The van der Waals surface area contributed by atoms with Crippen LogP contribution in [-0.4, -0.2) is 51.3 Å². The van der Waals surface area contributed by atoms with Crippen LogP contribution >= 0.6 is 0 Å². The topological polar surface area (TPSA) is 55.2 Å². The molecule has 2 N–H and O–H groups in total. The molecule has 0 unspecified atom stereocenters. The van der Waals surface area contributed by atoms with Crippen LogP contribution in [0.3, 0.4) is 0 Å². The number of hydrogen-bond donors (Lipinski definition) is 2. The Kier molecular flexibility index (Phi) is 5.16. The maximum atomic E-state index is 12.7. The van der Waals surface area contributed by atoms with Crippen LogP contribution in [0.25, 0.3) is 0 Å². The molecule has 1 fully saturated rings. The largest absolute Gasteiger partial charge is 0.486 e. The second-order valence-corrected chi connectivity index (χ2v) is 7.05. The van der Waals surface area contributed by atoms with Crippen molar-refractivity contribution >= 4 is 17.3 Å². The quantitative estimate of drug-likeness (QED) is 0.851. The van der Waals surface area contributed by atoms with Gasteiger partial charge in [0.15, 0.2) is 17.5 Å². The monoisotopic (exact) mass is 368 g/mol. The summed E-state index contributed by atoms with van der Waals surface area (Å²) in [6, 6.07) is 15.9. The van der Waals surface area contributed by atoms with Crippen molar-refractivity contribution in [1.82, 2.24) is 0 Å². The summed E-state index contributed by atoms with van der Waals surface area (Å²) in [5.74, 6) is 1.46. The van der Waals surface area contributed by atoms with E-state index in [1.807, 2.05) is 31.2 Å². The summed E-state index contributed by atoms with van der Waals surface area (Å²) in [6.45, 7) is 6.92. The molecule has 142 valence electrons. The van der Waals surface area contributed by atoms with Gasteiger partial charge >= 0.3 is 0 Å². The van der Waals surface area contributed by atoms with Crippen molar-refractivity contribution in [3.8, 4) is 11.5 Å². The third-order valence-electron chi connectivity index (χ3n) is 5.34. The molecule has 2 aliphatic heterocycles. The Morgan fingerprint density at radius 3 is 2.48 bits per heavy atom. The number of rotatable bonds is 4. The van der Waals surface area contributed by atoms with Gasteiger partial charge in [0.1, 0.15) is 13.2 Å². The Bertz CT molecular complexity index is 789. The molecule has 0 bridgehead atoms. The highest BCUT2D eigenvalue weighted by atomic mass is 16.6. The summed E-state index contributed by atoms with van der Waals surface area (Å²) < 4.78 is 11.1. The Morgan fingerprint density at radius 1 is 1.04 bits per heavy atom. The van der Waals surface area contributed by atoms with Crippen LogP contribution in [-0.2, 0) is 4.79 Å². The van der Waals surface area contributed by atoms with Crippen molar-refractivity contribution in [2.24, 2.45) is 0 Å². The van der Waals surface area contributed by atoms with Crippen LogP contribution in [0.2, 0.25) is 0 Å². The van der Waals surface area contributed by atoms with Crippen LogP contribution in [0.1, 0.15) is 6.92 Å². The SMILES string of the molecule is C[C@H](C(=O)Nc1ccc2c(c1)OCCO2)[NH+]1CCN(c2ccccc2)CC1. The summed E-state index contributed by atoms with van der Waals surface area (Å²) in [5, 5.41) is 3.02. The molecule has 1 amide bonds. The van der Waals surface area contributed by atoms with Gasteiger partial charge in [-0.1, -0.05) is 18.2 Å². The normalized spacial score (nSPS) is 18.0. The molecule has 6 heteroatoms. The van der Waals surface area contributed by atoms with E-state index in [1.165, 1.54) is 10.6 Å². The number of carbonyl (C=O) groups excluding carboxylic acids is 1. The van der Waals surface area contributed by atoms with Crippen LogP contribution in [0.5, 0.6) is 11.5 Å². The zero-order chi connectivity index (χ0) is 18.6. The highest BCUT2D eigenvalue weighted by Gasteiger charge is 2.29. The number of quaternary nitrogens is 1. The summed E-state index contributed by atoms with van der Waals surface area (Å²) in [4.78, 5) is 16.4. The summed E-state index contributed by atoms with van der Waals surface area (Å²) in [7, 11) is 0. The van der Waals surface area contributed by atoms with Gasteiger partial charge in [0, 0.05) is 17.4 Å². The molecule has 0 aromatic heterocycles. The van der Waals surface area contributed by atoms with Crippen LogP contribution < -0.4 is 24.6 Å². The predicted molar refractivity (Wildman–Crippen MR) is 105 cm³/mol. The third kappa shape index (κ3) is 4.01. The first kappa shape index (κ1) is 17.7. The van der Waals surface area contributed by atoms with Gasteiger partial charge in [-0.25, -0.2) is 0 Å². The van der Waals surface area contributed by atoms with Crippen LogP contribution in [0, 0.1) is 0 Å². The van der Waals surface area contributed by atoms with E-state index in [-0.39, 0.29) is 11.9 Å². The molecule has 0 spiro atoms. The molecule has 1 saturated heterocycles. The second-order valence-electron chi connectivity index (χ2n) is 7.05. The first-order valence-electron chi connectivity index (χ1n) is 9.56. The fourth-order valence-electron chi connectivity index (χ4n) is 3.68. The number of anilines is 2. The van der Waals surface area contributed by atoms with E-state index >= 15 is 0 Å². The second kappa shape index (κ2) is 7.88. The minimum atomic E-state index is -0.101. The molecule has 1 atom stereocenters. The maximum Gasteiger partial charge on any atom is 0.282 e. The lowest BCUT2D eigenvalue weighted by Crippen LogP contribution is -3.19. The van der Waals surface area contributed by atoms with Crippen LogP contribution in [0.15, 0.2) is 48.5 Å². The predicted octanol–water partition coefficient (Wildman–Crippen LogP) is 1.19. The molecule has 6 nitrogen and oxygen atoms in total. The van der Waals surface area contributed by atoms with Gasteiger partial charge in [-0.2, -0.15) is 0 Å². The smallest absolute Gasteiger partial charge is 0.282 e. The highest BCUT2D eigenvalue weighted by molar-refractivity contribution is 5.94. The zero-order valence-electron chi connectivity index (χ0n) is 15.6. The van der Waals surface area contributed by atoms with Gasteiger partial charge in [0.25, 0.3) is 5.91 Å². The average molecular weight is 368 g/mol. The number of ether oxygens (including phenoxy) is 2. The molecule has 0 saturated carbocycles. The lowest BCUT2D eigenvalue weighted by atomic mass is 10.2. The maximum absolute atomic E-state index is 12.7. The standard InChI is InChI=1S/C21H25N3O3/c1-16(23-9-11-24(12-10-23)18-5-3-2-4-6-18)21(25)22-17-7-8-19-20(15-17)27-14-13-26-19/h2-8,15-16H,9-14H2,1H3,(H,22,25)/p+1/t16-/m1/s1. The first-order valence-corrected chi connectivity index (χ1v) is 9.56. The number of fused-ring (bicyclic) bond motifs is 1. The van der Waals surface area contributed by atoms with E-state index in [2.05, 4.69) is 34.5 Å². The van der Waals surface area contributed by atoms with Crippen molar-refractivity contribution in [2.75, 3.05) is 49.6 Å². The van der Waals surface area contributed by atoms with Crippen molar-refractivity contribution < 1.29 is 19.2 Å². The lowest BCUT2D eigenvalue weighted by Gasteiger charge is -2.36. The van der Waals surface area contributed by atoms with Gasteiger partial charge in [-0.3, -0.25) is 4.79 Å². The van der Waals surface area contributed by atoms with Crippen molar-refractivity contribution in [3.05, 3.63) is 48.5 Å². The van der Waals surface area contributed by atoms with E-state index < -0.39 is 0 Å². The molecule has 27 heavy (non-hydrogen) atoms.